The lowest BCUT2D eigenvalue weighted by molar-refractivity contribution is -0.140. The molecule has 1 fully saturated rings. The maximum Gasteiger partial charge on any atom is 0.404 e. The summed E-state index contributed by atoms with van der Waals surface area (Å²) >= 11 is 0. The minimum Gasteiger partial charge on any atom is -0.465 e. The number of hydrogen-bond acceptors (Lipinski definition) is 9. The second-order valence-electron chi connectivity index (χ2n) is 17.4. The molecule has 0 spiro atoms. The van der Waals surface area contributed by atoms with Crippen molar-refractivity contribution in [2.24, 2.45) is 29.6 Å². The predicted molar refractivity (Wildman–Crippen MR) is 237 cm³/mol. The van der Waals surface area contributed by atoms with E-state index in [-0.39, 0.29) is 91.4 Å². The Kier molecular flexibility index (Phi) is 22.6. The zero-order valence-electron chi connectivity index (χ0n) is 38.6. The van der Waals surface area contributed by atoms with Crippen molar-refractivity contribution in [3.8, 4) is 0 Å². The second kappa shape index (κ2) is 26.4. The van der Waals surface area contributed by atoms with E-state index < -0.39 is 42.1 Å². The van der Waals surface area contributed by atoms with E-state index in [1.54, 1.807) is 26.0 Å². The van der Waals surface area contributed by atoms with Crippen molar-refractivity contribution in [1.29, 1.82) is 0 Å². The van der Waals surface area contributed by atoms with Crippen molar-refractivity contribution in [3.05, 3.63) is 29.8 Å². The van der Waals surface area contributed by atoms with Crippen molar-refractivity contribution in [1.82, 2.24) is 36.4 Å². The summed E-state index contributed by atoms with van der Waals surface area (Å²) in [6.07, 6.45) is 2.89. The molecule has 8 amide bonds. The quantitative estimate of drug-likeness (QED) is 0.0496. The van der Waals surface area contributed by atoms with Crippen LogP contribution in [0.3, 0.4) is 0 Å². The number of likely N-dealkylation sites (N-methyl/N-ethyl adjacent to an activating group) is 2. The summed E-state index contributed by atoms with van der Waals surface area (Å²) in [4.78, 5) is 106. The zero-order valence-corrected chi connectivity index (χ0v) is 38.6. The van der Waals surface area contributed by atoms with Crippen LogP contribution in [0, 0.1) is 29.6 Å². The van der Waals surface area contributed by atoms with E-state index in [9.17, 15) is 38.4 Å². The molecule has 2 rings (SSSR count). The first kappa shape index (κ1) is 53.1. The fourth-order valence-corrected chi connectivity index (χ4v) is 7.96. The molecule has 0 radical (unpaired) electrons. The first-order valence-corrected chi connectivity index (χ1v) is 22.3. The Hall–Kier alpha value is -5.06. The van der Waals surface area contributed by atoms with Gasteiger partial charge in [0.1, 0.15) is 18.1 Å². The van der Waals surface area contributed by atoms with Gasteiger partial charge in [0.15, 0.2) is 0 Å². The molecule has 348 valence electrons. The van der Waals surface area contributed by atoms with Gasteiger partial charge in [-0.3, -0.25) is 43.4 Å². The molecule has 17 heteroatoms. The Labute approximate surface area is 368 Å². The molecular weight excluding hydrogens is 797 g/mol. The van der Waals surface area contributed by atoms with Gasteiger partial charge < -0.3 is 37.0 Å². The molecule has 1 aliphatic rings. The third-order valence-electron chi connectivity index (χ3n) is 11.5. The summed E-state index contributed by atoms with van der Waals surface area (Å²) in [7, 11) is 3.36. The number of nitrogens with one attached hydrogen (secondary N) is 6. The van der Waals surface area contributed by atoms with Gasteiger partial charge in [-0.2, -0.15) is 0 Å². The average Bonchev–Trinajstić information content (AvgIpc) is 3.48. The van der Waals surface area contributed by atoms with Crippen molar-refractivity contribution in [2.75, 3.05) is 32.5 Å². The van der Waals surface area contributed by atoms with Gasteiger partial charge in [0.25, 0.3) is 0 Å². The number of rotatable bonds is 27. The number of carboxylic acid groups (broad SMARTS) is 1. The van der Waals surface area contributed by atoms with Gasteiger partial charge in [-0.15, -0.1) is 0 Å². The van der Waals surface area contributed by atoms with E-state index in [1.165, 1.54) is 11.9 Å². The molecule has 62 heavy (non-hydrogen) atoms. The summed E-state index contributed by atoms with van der Waals surface area (Å²) in [5.74, 6) is -2.77. The van der Waals surface area contributed by atoms with Crippen LogP contribution >= 0.6 is 0 Å². The van der Waals surface area contributed by atoms with Crippen molar-refractivity contribution in [2.45, 2.75) is 144 Å². The molecule has 1 aromatic carbocycles. The average molecular weight is 871 g/mol. The van der Waals surface area contributed by atoms with E-state index >= 15 is 0 Å². The largest absolute Gasteiger partial charge is 0.465 e. The van der Waals surface area contributed by atoms with Gasteiger partial charge in [-0.05, 0) is 74.1 Å². The molecule has 0 aromatic heterocycles. The van der Waals surface area contributed by atoms with Crippen LogP contribution in [0.15, 0.2) is 24.3 Å². The Morgan fingerprint density at radius 1 is 0.774 bits per heavy atom. The number of nitrogens with zero attached hydrogens (tertiary/aromatic N) is 2. The Bertz CT molecular complexity index is 1660. The van der Waals surface area contributed by atoms with E-state index in [4.69, 9.17) is 5.11 Å². The monoisotopic (exact) mass is 871 g/mol. The first-order chi connectivity index (χ1) is 29.2. The molecule has 0 saturated carbocycles. The number of imide groups is 1. The molecule has 1 aromatic rings. The van der Waals surface area contributed by atoms with Crippen molar-refractivity contribution in [3.63, 3.8) is 0 Å². The maximum atomic E-state index is 13.6. The Morgan fingerprint density at radius 3 is 1.94 bits per heavy atom. The molecule has 1 heterocycles. The zero-order chi connectivity index (χ0) is 46.7. The third-order valence-corrected chi connectivity index (χ3v) is 11.5. The van der Waals surface area contributed by atoms with Crippen LogP contribution in [0.1, 0.15) is 119 Å². The van der Waals surface area contributed by atoms with Gasteiger partial charge >= 0.3 is 6.09 Å². The third kappa shape index (κ3) is 16.7. The number of carbonyl (C=O) groups is 8. The molecule has 0 aliphatic carbocycles. The van der Waals surface area contributed by atoms with E-state index in [0.29, 0.717) is 38.0 Å². The highest BCUT2D eigenvalue weighted by Crippen LogP contribution is 2.31. The lowest BCUT2D eigenvalue weighted by atomic mass is 9.87. The van der Waals surface area contributed by atoms with Crippen LogP contribution in [0.4, 0.5) is 10.5 Å². The number of anilines is 1. The highest BCUT2D eigenvalue weighted by molar-refractivity contribution is 6.03. The topological polar surface area (TPSA) is 235 Å². The Balaban J connectivity index is 2.04. The standard InChI is InChI=1S/C45H74N8O9/c1-11-31(12-2)33-25-36(55)53(44(33)60)24-15-13-14-18-35(54)50-38(28(5)6)42(58)49-34(17-16-23-47-45(61)62)40(56)48-32-21-19-30(20-22-32)26-52(10)39(29(7)8)43(59)51-37(27(3)4)41(57)46-9/h19-22,27-29,31,33-34,37-39,47H,11-18,23-26H2,1-10H3,(H,46,57)(H,48,56)(H,49,58)(H,50,54)(H,51,59)(H,61,62)/t33?,34-,37?,38?,39-/m0/s1. The maximum absolute atomic E-state index is 13.6. The number of benzene rings is 1. The minimum atomic E-state index is -1.21. The number of hydrogen-bond donors (Lipinski definition) is 7. The summed E-state index contributed by atoms with van der Waals surface area (Å²) in [6, 6.07) is 3.83. The van der Waals surface area contributed by atoms with Crippen LogP contribution in [0.25, 0.3) is 0 Å². The van der Waals surface area contributed by atoms with E-state index in [1.807, 2.05) is 65.6 Å². The number of amides is 8. The fraction of sp³-hybridized carbons (Fsp3) is 0.689. The fourth-order valence-electron chi connectivity index (χ4n) is 7.96. The second-order valence-corrected chi connectivity index (χ2v) is 17.4. The Morgan fingerprint density at radius 2 is 1.39 bits per heavy atom. The normalized spacial score (nSPS) is 16.0. The number of carbonyl (C=O) groups excluding carboxylic acids is 7. The van der Waals surface area contributed by atoms with E-state index in [2.05, 4.69) is 31.9 Å². The molecule has 17 nitrogen and oxygen atoms in total. The lowest BCUT2D eigenvalue weighted by Gasteiger charge is -2.32. The minimum absolute atomic E-state index is 0.0551. The van der Waals surface area contributed by atoms with E-state index in [0.717, 1.165) is 18.4 Å². The van der Waals surface area contributed by atoms with Gasteiger partial charge in [-0.1, -0.05) is 86.8 Å². The molecule has 7 N–H and O–H groups in total. The predicted octanol–water partition coefficient (Wildman–Crippen LogP) is 4.01. The van der Waals surface area contributed by atoms with Gasteiger partial charge in [-0.25, -0.2) is 4.79 Å². The molecule has 3 unspecified atom stereocenters. The summed E-state index contributed by atoms with van der Waals surface area (Å²) in [5, 5.41) is 25.2. The lowest BCUT2D eigenvalue weighted by Crippen LogP contribution is -2.55. The van der Waals surface area contributed by atoms with Crippen molar-refractivity contribution < 1.29 is 43.5 Å². The molecule has 5 atom stereocenters. The van der Waals surface area contributed by atoms with Gasteiger partial charge in [0, 0.05) is 45.2 Å². The first-order valence-electron chi connectivity index (χ1n) is 22.3. The van der Waals surface area contributed by atoms with Gasteiger partial charge in [0.05, 0.1) is 12.0 Å². The van der Waals surface area contributed by atoms with Crippen molar-refractivity contribution >= 4 is 53.1 Å². The smallest absolute Gasteiger partial charge is 0.404 e. The molecule has 0 bridgehead atoms. The number of likely N-dealkylation sites (tertiary alicyclic amines) is 1. The molecular formula is C45H74N8O9. The summed E-state index contributed by atoms with van der Waals surface area (Å²) in [6.45, 7) is 16.0. The summed E-state index contributed by atoms with van der Waals surface area (Å²) in [5.41, 5.74) is 1.31. The highest BCUT2D eigenvalue weighted by Gasteiger charge is 2.41. The van der Waals surface area contributed by atoms with Crippen LogP contribution in [-0.2, 0) is 40.1 Å². The van der Waals surface area contributed by atoms with Crippen LogP contribution in [0.5, 0.6) is 0 Å². The van der Waals surface area contributed by atoms with Crippen LogP contribution < -0.4 is 31.9 Å². The molecule has 1 saturated heterocycles. The molecule has 1 aliphatic heterocycles. The van der Waals surface area contributed by atoms with Gasteiger partial charge in [0.2, 0.25) is 41.4 Å². The SMILES string of the molecule is CCC(CC)C1CC(=O)N(CCCCCC(=O)NC(C(=O)N[C@@H](CCCNC(=O)O)C(=O)Nc2ccc(CN(C)[C@H](C(=O)NC(C(=O)NC)C(C)C)C(C)C)cc2)C(C)C)C1=O. The highest BCUT2D eigenvalue weighted by atomic mass is 16.4. The number of unbranched alkanes of at least 4 members (excludes halogenated alkanes) is 2. The summed E-state index contributed by atoms with van der Waals surface area (Å²) < 4.78 is 0. The van der Waals surface area contributed by atoms with Crippen LogP contribution in [0.2, 0.25) is 0 Å². The van der Waals surface area contributed by atoms with Crippen LogP contribution in [-0.4, -0.2) is 114 Å².